The zero-order valence-electron chi connectivity index (χ0n) is 11.3. The van der Waals surface area contributed by atoms with E-state index in [4.69, 9.17) is 5.73 Å². The van der Waals surface area contributed by atoms with Crippen molar-refractivity contribution in [1.82, 2.24) is 9.97 Å². The van der Waals surface area contributed by atoms with Gasteiger partial charge in [-0.3, -0.25) is 0 Å². The summed E-state index contributed by atoms with van der Waals surface area (Å²) in [4.78, 5) is 10.9. The lowest BCUT2D eigenvalue weighted by Gasteiger charge is -2.25. The van der Waals surface area contributed by atoms with E-state index in [1.165, 1.54) is 0 Å². The van der Waals surface area contributed by atoms with Crippen LogP contribution in [-0.4, -0.2) is 29.6 Å². The molecule has 0 unspecified atom stereocenters. The lowest BCUT2D eigenvalue weighted by atomic mass is 10.1. The summed E-state index contributed by atoms with van der Waals surface area (Å²) in [5.41, 5.74) is 6.74. The second-order valence-corrected chi connectivity index (χ2v) is 5.08. The molecular weight excluding hydrogens is 212 g/mol. The summed E-state index contributed by atoms with van der Waals surface area (Å²) < 4.78 is 0. The van der Waals surface area contributed by atoms with E-state index in [0.717, 1.165) is 24.6 Å². The van der Waals surface area contributed by atoms with Gasteiger partial charge in [-0.05, 0) is 11.8 Å². The monoisotopic (exact) mass is 236 g/mol. The maximum Gasteiger partial charge on any atom is 0.132 e. The van der Waals surface area contributed by atoms with Gasteiger partial charge in [0.15, 0.2) is 0 Å². The number of nitrogens with zero attached hydrogens (tertiary/aromatic N) is 3. The number of rotatable bonds is 6. The maximum absolute atomic E-state index is 5.66. The van der Waals surface area contributed by atoms with Gasteiger partial charge in [0.2, 0.25) is 0 Å². The standard InChI is InChI=1S/C13H24N4/c1-10(2)8-17(6-5-14)13-7-12(11(3)4)15-9-16-13/h7,9-11H,5-6,8,14H2,1-4H3. The molecule has 0 bridgehead atoms. The number of hydrogen-bond donors (Lipinski definition) is 1. The molecule has 0 saturated heterocycles. The predicted molar refractivity (Wildman–Crippen MR) is 72.2 cm³/mol. The van der Waals surface area contributed by atoms with E-state index in [2.05, 4.69) is 48.6 Å². The molecule has 0 aliphatic rings. The van der Waals surface area contributed by atoms with Crippen LogP contribution in [0.3, 0.4) is 0 Å². The first kappa shape index (κ1) is 13.9. The second kappa shape index (κ2) is 6.55. The summed E-state index contributed by atoms with van der Waals surface area (Å²) in [7, 11) is 0. The van der Waals surface area contributed by atoms with Gasteiger partial charge in [0.1, 0.15) is 12.1 Å². The van der Waals surface area contributed by atoms with Gasteiger partial charge in [-0.2, -0.15) is 0 Å². The summed E-state index contributed by atoms with van der Waals surface area (Å²) >= 11 is 0. The minimum Gasteiger partial charge on any atom is -0.355 e. The van der Waals surface area contributed by atoms with Crippen molar-refractivity contribution in [3.05, 3.63) is 18.1 Å². The summed E-state index contributed by atoms with van der Waals surface area (Å²) in [6.07, 6.45) is 1.65. The third kappa shape index (κ3) is 4.30. The fraction of sp³-hybridized carbons (Fsp3) is 0.692. The zero-order chi connectivity index (χ0) is 12.8. The Morgan fingerprint density at radius 2 is 1.94 bits per heavy atom. The van der Waals surface area contributed by atoms with Gasteiger partial charge >= 0.3 is 0 Å². The predicted octanol–water partition coefficient (Wildman–Crippen LogP) is 2.02. The van der Waals surface area contributed by atoms with E-state index in [1.54, 1.807) is 6.33 Å². The van der Waals surface area contributed by atoms with Crippen LogP contribution in [0.2, 0.25) is 0 Å². The Morgan fingerprint density at radius 1 is 1.24 bits per heavy atom. The van der Waals surface area contributed by atoms with Crippen LogP contribution in [0.5, 0.6) is 0 Å². The lowest BCUT2D eigenvalue weighted by Crippen LogP contribution is -2.33. The van der Waals surface area contributed by atoms with Crippen LogP contribution in [0.15, 0.2) is 12.4 Å². The molecule has 17 heavy (non-hydrogen) atoms. The first-order chi connectivity index (χ1) is 8.04. The smallest absolute Gasteiger partial charge is 0.132 e. The van der Waals surface area contributed by atoms with Crippen molar-refractivity contribution in [2.24, 2.45) is 11.7 Å². The van der Waals surface area contributed by atoms with Crippen molar-refractivity contribution in [3.63, 3.8) is 0 Å². The van der Waals surface area contributed by atoms with Gasteiger partial charge in [0, 0.05) is 31.4 Å². The van der Waals surface area contributed by atoms with E-state index >= 15 is 0 Å². The molecule has 4 nitrogen and oxygen atoms in total. The van der Waals surface area contributed by atoms with Gasteiger partial charge in [-0.15, -0.1) is 0 Å². The average Bonchev–Trinajstić information content (AvgIpc) is 2.28. The molecule has 0 atom stereocenters. The highest BCUT2D eigenvalue weighted by Gasteiger charge is 2.11. The third-order valence-corrected chi connectivity index (χ3v) is 2.57. The van der Waals surface area contributed by atoms with Gasteiger partial charge < -0.3 is 10.6 Å². The van der Waals surface area contributed by atoms with Crippen molar-refractivity contribution in [2.75, 3.05) is 24.5 Å². The number of hydrogen-bond acceptors (Lipinski definition) is 4. The van der Waals surface area contributed by atoms with Gasteiger partial charge in [-0.1, -0.05) is 27.7 Å². The van der Waals surface area contributed by atoms with E-state index < -0.39 is 0 Å². The summed E-state index contributed by atoms with van der Waals surface area (Å²) in [5, 5.41) is 0. The van der Waals surface area contributed by atoms with E-state index in [9.17, 15) is 0 Å². The van der Waals surface area contributed by atoms with Crippen LogP contribution >= 0.6 is 0 Å². The Balaban J connectivity index is 2.88. The third-order valence-electron chi connectivity index (χ3n) is 2.57. The molecule has 1 aromatic rings. The summed E-state index contributed by atoms with van der Waals surface area (Å²) in [6, 6.07) is 2.07. The Labute approximate surface area is 104 Å². The lowest BCUT2D eigenvalue weighted by molar-refractivity contribution is 0.606. The molecule has 0 aromatic carbocycles. The quantitative estimate of drug-likeness (QED) is 0.821. The van der Waals surface area contributed by atoms with E-state index in [0.29, 0.717) is 18.4 Å². The molecule has 1 aromatic heterocycles. The van der Waals surface area contributed by atoms with Crippen LogP contribution in [0, 0.1) is 5.92 Å². The largest absolute Gasteiger partial charge is 0.355 e. The minimum absolute atomic E-state index is 0.426. The van der Waals surface area contributed by atoms with Crippen molar-refractivity contribution in [3.8, 4) is 0 Å². The van der Waals surface area contributed by atoms with Crippen molar-refractivity contribution in [2.45, 2.75) is 33.6 Å². The molecule has 0 saturated carbocycles. The molecule has 2 N–H and O–H groups in total. The molecule has 4 heteroatoms. The molecule has 0 amide bonds. The Kier molecular flexibility index (Phi) is 5.35. The number of nitrogens with two attached hydrogens (primary N) is 1. The number of aromatic nitrogens is 2. The molecule has 0 aliphatic carbocycles. The van der Waals surface area contributed by atoms with Gasteiger partial charge in [-0.25, -0.2) is 9.97 Å². The molecule has 96 valence electrons. The van der Waals surface area contributed by atoms with E-state index in [1.807, 2.05) is 0 Å². The van der Waals surface area contributed by atoms with Crippen LogP contribution in [-0.2, 0) is 0 Å². The zero-order valence-corrected chi connectivity index (χ0v) is 11.3. The average molecular weight is 236 g/mol. The fourth-order valence-electron chi connectivity index (χ4n) is 1.75. The van der Waals surface area contributed by atoms with Gasteiger partial charge in [0.05, 0.1) is 0 Å². The fourth-order valence-corrected chi connectivity index (χ4v) is 1.75. The van der Waals surface area contributed by atoms with Crippen LogP contribution in [0.25, 0.3) is 0 Å². The Morgan fingerprint density at radius 3 is 2.47 bits per heavy atom. The first-order valence-corrected chi connectivity index (χ1v) is 6.31. The van der Waals surface area contributed by atoms with Crippen molar-refractivity contribution >= 4 is 5.82 Å². The van der Waals surface area contributed by atoms with Crippen LogP contribution in [0.1, 0.15) is 39.3 Å². The second-order valence-electron chi connectivity index (χ2n) is 5.08. The topological polar surface area (TPSA) is 55.0 Å². The molecule has 1 heterocycles. The van der Waals surface area contributed by atoms with Crippen molar-refractivity contribution < 1.29 is 0 Å². The maximum atomic E-state index is 5.66. The van der Waals surface area contributed by atoms with E-state index in [-0.39, 0.29) is 0 Å². The normalized spacial score (nSPS) is 11.2. The Hall–Kier alpha value is -1.16. The van der Waals surface area contributed by atoms with Gasteiger partial charge in [0.25, 0.3) is 0 Å². The minimum atomic E-state index is 0.426. The summed E-state index contributed by atoms with van der Waals surface area (Å²) in [5.74, 6) is 2.01. The number of anilines is 1. The van der Waals surface area contributed by atoms with Crippen molar-refractivity contribution in [1.29, 1.82) is 0 Å². The first-order valence-electron chi connectivity index (χ1n) is 6.31. The van der Waals surface area contributed by atoms with Crippen LogP contribution < -0.4 is 10.6 Å². The molecule has 0 spiro atoms. The molecule has 0 fully saturated rings. The molecular formula is C13H24N4. The highest BCUT2D eigenvalue weighted by Crippen LogP contribution is 2.17. The Bertz CT molecular complexity index is 336. The SMILES string of the molecule is CC(C)CN(CCN)c1cc(C(C)C)ncn1. The highest BCUT2D eigenvalue weighted by atomic mass is 15.2. The van der Waals surface area contributed by atoms with Crippen LogP contribution in [0.4, 0.5) is 5.82 Å². The molecule has 1 rings (SSSR count). The highest BCUT2D eigenvalue weighted by molar-refractivity contribution is 5.39. The molecule has 0 radical (unpaired) electrons. The molecule has 0 aliphatic heterocycles. The summed E-state index contributed by atoms with van der Waals surface area (Å²) in [6.45, 7) is 11.2.